The highest BCUT2D eigenvalue weighted by Crippen LogP contribution is 2.24. The molecule has 0 heteroatoms. The third-order valence-corrected chi connectivity index (χ3v) is 2.57. The van der Waals surface area contributed by atoms with Gasteiger partial charge in [-0.1, -0.05) is 61.2 Å². The van der Waals surface area contributed by atoms with Crippen LogP contribution >= 0.6 is 0 Å². The van der Waals surface area contributed by atoms with Gasteiger partial charge < -0.3 is 0 Å². The molecule has 15 heavy (non-hydrogen) atoms. The van der Waals surface area contributed by atoms with Crippen molar-refractivity contribution in [1.29, 1.82) is 0 Å². The van der Waals surface area contributed by atoms with Crippen molar-refractivity contribution in [2.75, 3.05) is 0 Å². The molecule has 0 atom stereocenters. The Bertz CT molecular complexity index is 467. The summed E-state index contributed by atoms with van der Waals surface area (Å²) in [6.45, 7) is 5.91. The molecule has 2 aromatic rings. The Morgan fingerprint density at radius 2 is 1.73 bits per heavy atom. The van der Waals surface area contributed by atoms with Crippen LogP contribution in [0.25, 0.3) is 17.2 Å². The van der Waals surface area contributed by atoms with Crippen LogP contribution in [0.1, 0.15) is 11.1 Å². The SMILES string of the molecule is C=Cc1ccc(-c2ccccc2)c(C)c1. The van der Waals surface area contributed by atoms with E-state index in [-0.39, 0.29) is 0 Å². The van der Waals surface area contributed by atoms with Crippen molar-refractivity contribution in [3.63, 3.8) is 0 Å². The van der Waals surface area contributed by atoms with Gasteiger partial charge in [0.15, 0.2) is 0 Å². The molecule has 0 nitrogen and oxygen atoms in total. The Kier molecular flexibility index (Phi) is 2.68. The van der Waals surface area contributed by atoms with E-state index in [9.17, 15) is 0 Å². The van der Waals surface area contributed by atoms with Crippen molar-refractivity contribution in [3.8, 4) is 11.1 Å². The van der Waals surface area contributed by atoms with Crippen LogP contribution in [-0.2, 0) is 0 Å². The molecule has 0 N–H and O–H groups in total. The molecule has 74 valence electrons. The molecule has 0 aromatic heterocycles. The van der Waals surface area contributed by atoms with E-state index in [0.717, 1.165) is 0 Å². The van der Waals surface area contributed by atoms with Crippen LogP contribution in [-0.4, -0.2) is 0 Å². The van der Waals surface area contributed by atoms with E-state index in [4.69, 9.17) is 0 Å². The summed E-state index contributed by atoms with van der Waals surface area (Å²) in [5.41, 5.74) is 5.03. The van der Waals surface area contributed by atoms with Gasteiger partial charge in [0.1, 0.15) is 0 Å². The Labute approximate surface area is 90.9 Å². The summed E-state index contributed by atoms with van der Waals surface area (Å²) in [6.07, 6.45) is 1.88. The van der Waals surface area contributed by atoms with Crippen molar-refractivity contribution in [1.82, 2.24) is 0 Å². The zero-order chi connectivity index (χ0) is 10.7. The maximum absolute atomic E-state index is 3.77. The normalized spacial score (nSPS) is 9.93. The maximum Gasteiger partial charge on any atom is -0.0154 e. The minimum absolute atomic E-state index is 1.17. The van der Waals surface area contributed by atoms with Crippen LogP contribution in [0.2, 0.25) is 0 Å². The van der Waals surface area contributed by atoms with Gasteiger partial charge in [-0.3, -0.25) is 0 Å². The molecule has 0 aliphatic heterocycles. The van der Waals surface area contributed by atoms with Crippen molar-refractivity contribution < 1.29 is 0 Å². The first-order valence-electron chi connectivity index (χ1n) is 5.10. The highest BCUT2D eigenvalue weighted by molar-refractivity contribution is 5.69. The van der Waals surface area contributed by atoms with Gasteiger partial charge in [-0.05, 0) is 29.2 Å². The quantitative estimate of drug-likeness (QED) is 0.668. The highest BCUT2D eigenvalue weighted by Gasteiger charge is 2.00. The molecule has 0 aliphatic carbocycles. The molecular formula is C15H14. The number of rotatable bonds is 2. The number of aryl methyl sites for hydroxylation is 1. The van der Waals surface area contributed by atoms with Gasteiger partial charge in [0.05, 0.1) is 0 Å². The molecule has 2 aromatic carbocycles. The topological polar surface area (TPSA) is 0 Å². The monoisotopic (exact) mass is 194 g/mol. The summed E-state index contributed by atoms with van der Waals surface area (Å²) < 4.78 is 0. The Morgan fingerprint density at radius 1 is 1.00 bits per heavy atom. The Balaban J connectivity index is 2.51. The summed E-state index contributed by atoms with van der Waals surface area (Å²) >= 11 is 0. The minimum atomic E-state index is 1.17. The first kappa shape index (κ1) is 9.72. The molecule has 0 fully saturated rings. The molecule has 0 saturated heterocycles. The van der Waals surface area contributed by atoms with Gasteiger partial charge in [-0.2, -0.15) is 0 Å². The summed E-state index contributed by atoms with van der Waals surface area (Å²) in [5.74, 6) is 0. The van der Waals surface area contributed by atoms with E-state index >= 15 is 0 Å². The molecule has 0 aliphatic rings. The van der Waals surface area contributed by atoms with E-state index in [1.807, 2.05) is 12.1 Å². The van der Waals surface area contributed by atoms with Crippen LogP contribution in [0.3, 0.4) is 0 Å². The van der Waals surface area contributed by atoms with Crippen molar-refractivity contribution in [2.24, 2.45) is 0 Å². The van der Waals surface area contributed by atoms with Crippen molar-refractivity contribution in [2.45, 2.75) is 6.92 Å². The third kappa shape index (κ3) is 1.99. The smallest absolute Gasteiger partial charge is 0.0154 e. The molecular weight excluding hydrogens is 180 g/mol. The second kappa shape index (κ2) is 4.14. The average Bonchev–Trinajstić information content (AvgIpc) is 2.30. The van der Waals surface area contributed by atoms with Gasteiger partial charge in [0.25, 0.3) is 0 Å². The van der Waals surface area contributed by atoms with E-state index in [1.54, 1.807) is 0 Å². The van der Waals surface area contributed by atoms with Crippen LogP contribution in [0.15, 0.2) is 55.1 Å². The van der Waals surface area contributed by atoms with Crippen LogP contribution in [0, 0.1) is 6.92 Å². The highest BCUT2D eigenvalue weighted by atomic mass is 14.0. The van der Waals surface area contributed by atoms with E-state index in [0.29, 0.717) is 0 Å². The summed E-state index contributed by atoms with van der Waals surface area (Å²) in [7, 11) is 0. The lowest BCUT2D eigenvalue weighted by Gasteiger charge is -2.06. The van der Waals surface area contributed by atoms with Crippen molar-refractivity contribution >= 4 is 6.08 Å². The predicted octanol–water partition coefficient (Wildman–Crippen LogP) is 4.31. The largest absolute Gasteiger partial charge is 0.0985 e. The van der Waals surface area contributed by atoms with E-state index in [1.165, 1.54) is 22.3 Å². The van der Waals surface area contributed by atoms with Crippen LogP contribution in [0.4, 0.5) is 0 Å². The Morgan fingerprint density at radius 3 is 2.33 bits per heavy atom. The third-order valence-electron chi connectivity index (χ3n) is 2.57. The zero-order valence-electron chi connectivity index (χ0n) is 8.90. The number of benzene rings is 2. The minimum Gasteiger partial charge on any atom is -0.0985 e. The average molecular weight is 194 g/mol. The number of hydrogen-bond donors (Lipinski definition) is 0. The second-order valence-corrected chi connectivity index (χ2v) is 3.64. The first-order chi connectivity index (χ1) is 7.31. The van der Waals surface area contributed by atoms with E-state index < -0.39 is 0 Å². The fraction of sp³-hybridized carbons (Fsp3) is 0.0667. The van der Waals surface area contributed by atoms with E-state index in [2.05, 4.69) is 56.0 Å². The maximum atomic E-state index is 3.77. The molecule has 0 saturated carbocycles. The fourth-order valence-electron chi connectivity index (χ4n) is 1.76. The lowest BCUT2D eigenvalue weighted by molar-refractivity contribution is 1.45. The first-order valence-corrected chi connectivity index (χ1v) is 5.10. The van der Waals surface area contributed by atoms with Gasteiger partial charge in [-0.25, -0.2) is 0 Å². The van der Waals surface area contributed by atoms with Gasteiger partial charge in [0, 0.05) is 0 Å². The van der Waals surface area contributed by atoms with Crippen molar-refractivity contribution in [3.05, 3.63) is 66.2 Å². The fourth-order valence-corrected chi connectivity index (χ4v) is 1.76. The van der Waals surface area contributed by atoms with Gasteiger partial charge >= 0.3 is 0 Å². The number of hydrogen-bond acceptors (Lipinski definition) is 0. The standard InChI is InChI=1S/C15H14/c1-3-13-9-10-15(12(2)11-13)14-7-5-4-6-8-14/h3-11H,1H2,2H3. The van der Waals surface area contributed by atoms with Crippen LogP contribution < -0.4 is 0 Å². The second-order valence-electron chi connectivity index (χ2n) is 3.64. The molecule has 0 radical (unpaired) electrons. The summed E-state index contributed by atoms with van der Waals surface area (Å²) in [6, 6.07) is 16.9. The lowest BCUT2D eigenvalue weighted by atomic mass is 9.98. The van der Waals surface area contributed by atoms with Gasteiger partial charge in [0.2, 0.25) is 0 Å². The molecule has 0 spiro atoms. The Hall–Kier alpha value is -1.82. The predicted molar refractivity (Wildman–Crippen MR) is 66.7 cm³/mol. The van der Waals surface area contributed by atoms with Crippen LogP contribution in [0.5, 0.6) is 0 Å². The van der Waals surface area contributed by atoms with Gasteiger partial charge in [-0.15, -0.1) is 0 Å². The summed E-state index contributed by atoms with van der Waals surface area (Å²) in [5, 5.41) is 0. The molecule has 0 amide bonds. The molecule has 0 heterocycles. The molecule has 2 rings (SSSR count). The lowest BCUT2D eigenvalue weighted by Crippen LogP contribution is -1.83. The zero-order valence-corrected chi connectivity index (χ0v) is 8.90. The molecule has 0 unspecified atom stereocenters. The summed E-state index contributed by atoms with van der Waals surface area (Å²) in [4.78, 5) is 0. The molecule has 0 bridgehead atoms.